The van der Waals surface area contributed by atoms with E-state index in [1.807, 2.05) is 13.1 Å². The van der Waals surface area contributed by atoms with Crippen molar-refractivity contribution in [2.45, 2.75) is 38.3 Å². The van der Waals surface area contributed by atoms with Crippen LogP contribution in [-0.2, 0) is 16.0 Å². The van der Waals surface area contributed by atoms with Crippen molar-refractivity contribution < 1.29 is 18.9 Å². The fraction of sp³-hybridized carbons (Fsp3) is 0.708. The molecular formula is C24H41IN4O4. The summed E-state index contributed by atoms with van der Waals surface area (Å²) in [6.45, 7) is 7.15. The van der Waals surface area contributed by atoms with E-state index >= 15 is 0 Å². The molecule has 1 aromatic carbocycles. The molecule has 8 nitrogen and oxygen atoms in total. The fourth-order valence-corrected chi connectivity index (χ4v) is 4.24. The predicted octanol–water partition coefficient (Wildman–Crippen LogP) is 2.89. The molecule has 2 heterocycles. The highest BCUT2D eigenvalue weighted by Crippen LogP contribution is 2.24. The van der Waals surface area contributed by atoms with E-state index in [2.05, 4.69) is 32.7 Å². The first-order valence-electron chi connectivity index (χ1n) is 11.8. The van der Waals surface area contributed by atoms with Crippen LogP contribution in [0, 0.1) is 5.92 Å². The van der Waals surface area contributed by atoms with Crippen LogP contribution in [-0.4, -0.2) is 84.2 Å². The molecule has 2 saturated heterocycles. The van der Waals surface area contributed by atoms with Crippen LogP contribution in [0.3, 0.4) is 0 Å². The quantitative estimate of drug-likeness (QED) is 0.182. The summed E-state index contributed by atoms with van der Waals surface area (Å²) in [5, 5.41) is 6.98. The molecule has 2 fully saturated rings. The molecule has 3 rings (SSSR count). The predicted molar refractivity (Wildman–Crippen MR) is 142 cm³/mol. The van der Waals surface area contributed by atoms with Crippen molar-refractivity contribution in [2.75, 3.05) is 67.3 Å². The van der Waals surface area contributed by atoms with Gasteiger partial charge in [0.2, 0.25) is 0 Å². The number of hydrogen-bond acceptors (Lipinski definition) is 6. The lowest BCUT2D eigenvalue weighted by molar-refractivity contribution is 0.0203. The second-order valence-corrected chi connectivity index (χ2v) is 8.57. The van der Waals surface area contributed by atoms with E-state index < -0.39 is 0 Å². The first kappa shape index (κ1) is 27.9. The fourth-order valence-electron chi connectivity index (χ4n) is 4.24. The Morgan fingerprint density at radius 3 is 2.52 bits per heavy atom. The van der Waals surface area contributed by atoms with E-state index in [1.165, 1.54) is 5.56 Å². The highest BCUT2D eigenvalue weighted by Gasteiger charge is 2.23. The molecule has 0 amide bonds. The van der Waals surface area contributed by atoms with Crippen LogP contribution in [0.5, 0.6) is 11.5 Å². The highest BCUT2D eigenvalue weighted by atomic mass is 127. The van der Waals surface area contributed by atoms with E-state index in [0.717, 1.165) is 95.7 Å². The van der Waals surface area contributed by atoms with Crippen molar-refractivity contribution in [1.82, 2.24) is 15.5 Å². The van der Waals surface area contributed by atoms with E-state index in [1.54, 1.807) is 14.2 Å². The zero-order chi connectivity index (χ0) is 22.6. The monoisotopic (exact) mass is 576 g/mol. The summed E-state index contributed by atoms with van der Waals surface area (Å²) < 4.78 is 22.0. The van der Waals surface area contributed by atoms with Gasteiger partial charge in [-0.05, 0) is 49.3 Å². The van der Waals surface area contributed by atoms with Gasteiger partial charge in [-0.1, -0.05) is 0 Å². The third-order valence-corrected chi connectivity index (χ3v) is 6.11. The van der Waals surface area contributed by atoms with Gasteiger partial charge in [0.05, 0.1) is 14.2 Å². The van der Waals surface area contributed by atoms with Crippen molar-refractivity contribution in [1.29, 1.82) is 0 Å². The van der Waals surface area contributed by atoms with E-state index in [9.17, 15) is 0 Å². The summed E-state index contributed by atoms with van der Waals surface area (Å²) in [6.07, 6.45) is 4.31. The molecule has 0 spiro atoms. The Balaban J connectivity index is 0.00000385. The summed E-state index contributed by atoms with van der Waals surface area (Å²) in [4.78, 5) is 6.83. The highest BCUT2D eigenvalue weighted by molar-refractivity contribution is 14.0. The summed E-state index contributed by atoms with van der Waals surface area (Å²) in [7, 11) is 5.20. The van der Waals surface area contributed by atoms with Crippen LogP contribution < -0.4 is 20.1 Å². The number of nitrogens with zero attached hydrogens (tertiary/aromatic N) is 2. The third-order valence-electron chi connectivity index (χ3n) is 6.11. The maximum atomic E-state index is 5.85. The molecule has 188 valence electrons. The number of nitrogens with one attached hydrogen (secondary N) is 2. The number of halogens is 1. The molecule has 9 heteroatoms. The molecular weight excluding hydrogens is 535 g/mol. The smallest absolute Gasteiger partial charge is 0.191 e. The molecule has 1 unspecified atom stereocenters. The maximum Gasteiger partial charge on any atom is 0.191 e. The summed E-state index contributed by atoms with van der Waals surface area (Å²) in [5.41, 5.74) is 1.20. The number of rotatable bonds is 11. The minimum absolute atomic E-state index is 0. The number of aliphatic imine (C=N–C) groups is 1. The van der Waals surface area contributed by atoms with Crippen LogP contribution in [0.2, 0.25) is 0 Å². The van der Waals surface area contributed by atoms with Crippen LogP contribution in [0.1, 0.15) is 31.2 Å². The van der Waals surface area contributed by atoms with Crippen molar-refractivity contribution in [3.63, 3.8) is 0 Å². The second-order valence-electron chi connectivity index (χ2n) is 8.57. The Bertz CT molecular complexity index is 693. The van der Waals surface area contributed by atoms with Crippen LogP contribution >= 0.6 is 24.0 Å². The minimum Gasteiger partial charge on any atom is -0.497 e. The largest absolute Gasteiger partial charge is 0.497 e. The van der Waals surface area contributed by atoms with E-state index in [-0.39, 0.29) is 24.0 Å². The average Bonchev–Trinajstić information content (AvgIpc) is 3.27. The molecule has 33 heavy (non-hydrogen) atoms. The molecule has 1 atom stereocenters. The van der Waals surface area contributed by atoms with Gasteiger partial charge in [-0.2, -0.15) is 0 Å². The summed E-state index contributed by atoms with van der Waals surface area (Å²) in [5.74, 6) is 3.18. The Labute approximate surface area is 215 Å². The molecule has 1 aromatic rings. The first-order valence-corrected chi connectivity index (χ1v) is 11.8. The van der Waals surface area contributed by atoms with Gasteiger partial charge in [-0.3, -0.25) is 9.89 Å². The van der Waals surface area contributed by atoms with Crippen molar-refractivity contribution in [3.8, 4) is 11.5 Å². The van der Waals surface area contributed by atoms with Gasteiger partial charge in [0, 0.05) is 71.8 Å². The van der Waals surface area contributed by atoms with Gasteiger partial charge in [0.15, 0.2) is 5.96 Å². The molecule has 2 aliphatic heterocycles. The molecule has 0 saturated carbocycles. The minimum atomic E-state index is 0. The average molecular weight is 577 g/mol. The van der Waals surface area contributed by atoms with Crippen molar-refractivity contribution in [3.05, 3.63) is 23.8 Å². The van der Waals surface area contributed by atoms with Crippen LogP contribution in [0.25, 0.3) is 0 Å². The number of ether oxygens (including phenoxy) is 4. The second kappa shape index (κ2) is 15.6. The maximum absolute atomic E-state index is 5.85. The molecule has 0 aromatic heterocycles. The Hall–Kier alpha value is -1.30. The normalized spacial score (nSPS) is 19.7. The third kappa shape index (κ3) is 9.84. The van der Waals surface area contributed by atoms with Gasteiger partial charge in [-0.25, -0.2) is 0 Å². The Kier molecular flexibility index (Phi) is 13.2. The zero-order valence-corrected chi connectivity index (χ0v) is 22.6. The number of guanidine groups is 1. The molecule has 0 bridgehead atoms. The van der Waals surface area contributed by atoms with Gasteiger partial charge >= 0.3 is 0 Å². The Morgan fingerprint density at radius 2 is 1.85 bits per heavy atom. The Morgan fingerprint density at radius 1 is 1.12 bits per heavy atom. The summed E-state index contributed by atoms with van der Waals surface area (Å²) in [6, 6.07) is 6.45. The van der Waals surface area contributed by atoms with Crippen LogP contribution in [0.15, 0.2) is 23.2 Å². The molecule has 2 N–H and O–H groups in total. The van der Waals surface area contributed by atoms with Crippen LogP contribution in [0.4, 0.5) is 0 Å². The number of methoxy groups -OCH3 is 2. The van der Waals surface area contributed by atoms with Gasteiger partial charge < -0.3 is 29.6 Å². The first-order chi connectivity index (χ1) is 15.7. The zero-order valence-electron chi connectivity index (χ0n) is 20.3. The van der Waals surface area contributed by atoms with Gasteiger partial charge in [-0.15, -0.1) is 24.0 Å². The lowest BCUT2D eigenvalue weighted by atomic mass is 10.0. The van der Waals surface area contributed by atoms with Crippen molar-refractivity contribution in [2.24, 2.45) is 10.9 Å². The molecule has 0 aliphatic carbocycles. The topological polar surface area (TPSA) is 76.6 Å². The lowest BCUT2D eigenvalue weighted by Crippen LogP contribution is -2.44. The number of likely N-dealkylation sites (tertiary alicyclic amines) is 1. The van der Waals surface area contributed by atoms with Gasteiger partial charge in [0.25, 0.3) is 0 Å². The SMILES string of the molecule is CN=C(NCCCOCC1CCOCC1)NC1CCN(Cc2cc(OC)cc(OC)c2)C1.I. The number of benzene rings is 1. The summed E-state index contributed by atoms with van der Waals surface area (Å²) >= 11 is 0. The lowest BCUT2D eigenvalue weighted by Gasteiger charge is -2.22. The van der Waals surface area contributed by atoms with E-state index in [0.29, 0.717) is 12.0 Å². The van der Waals surface area contributed by atoms with E-state index in [4.69, 9.17) is 18.9 Å². The standard InChI is InChI=1S/C24H40N4O4.HI/c1-25-24(26-8-4-10-32-18-19-6-11-31-12-7-19)27-21-5-9-28(17-21)16-20-13-22(29-2)15-23(14-20)30-3;/h13-15,19,21H,4-12,16-18H2,1-3H3,(H2,25,26,27);1H. The number of hydrogen-bond donors (Lipinski definition) is 2. The molecule has 0 radical (unpaired) electrons. The van der Waals surface area contributed by atoms with Gasteiger partial charge in [0.1, 0.15) is 11.5 Å². The van der Waals surface area contributed by atoms with Crippen molar-refractivity contribution >= 4 is 29.9 Å². The molecule has 2 aliphatic rings.